The molecular formula is C18H21Cl2N2OS+. The summed E-state index contributed by atoms with van der Waals surface area (Å²) in [6, 6.07) is 7.91. The molecule has 2 heterocycles. The van der Waals surface area contributed by atoms with E-state index in [-0.39, 0.29) is 11.9 Å². The van der Waals surface area contributed by atoms with Gasteiger partial charge in [0.2, 0.25) is 0 Å². The van der Waals surface area contributed by atoms with Crippen LogP contribution >= 0.6 is 34.5 Å². The van der Waals surface area contributed by atoms with Crippen LogP contribution in [0.15, 0.2) is 29.6 Å². The molecule has 1 atom stereocenters. The SMILES string of the molecule is CC(C)[NH2+]CC(=O)N1CCc2sccc2[C@H]1c1ccc(Cl)cc1Cl. The van der Waals surface area contributed by atoms with Crippen LogP contribution in [0.3, 0.4) is 0 Å². The van der Waals surface area contributed by atoms with E-state index < -0.39 is 0 Å². The molecule has 0 bridgehead atoms. The number of hydrogen-bond donors (Lipinski definition) is 1. The molecule has 0 unspecified atom stereocenters. The molecule has 24 heavy (non-hydrogen) atoms. The van der Waals surface area contributed by atoms with Crippen molar-refractivity contribution in [3.63, 3.8) is 0 Å². The highest BCUT2D eigenvalue weighted by Gasteiger charge is 2.34. The Kier molecular flexibility index (Phi) is 5.50. The zero-order valence-electron chi connectivity index (χ0n) is 13.8. The number of quaternary nitrogens is 1. The molecule has 128 valence electrons. The number of fused-ring (bicyclic) bond motifs is 1. The topological polar surface area (TPSA) is 36.9 Å². The van der Waals surface area contributed by atoms with E-state index in [2.05, 4.69) is 30.6 Å². The van der Waals surface area contributed by atoms with Gasteiger partial charge in [0.25, 0.3) is 5.91 Å². The molecule has 1 aromatic heterocycles. The zero-order chi connectivity index (χ0) is 17.3. The molecule has 0 fully saturated rings. The molecule has 0 radical (unpaired) electrons. The molecule has 0 aliphatic carbocycles. The van der Waals surface area contributed by atoms with Crippen LogP contribution in [-0.2, 0) is 11.2 Å². The lowest BCUT2D eigenvalue weighted by atomic mass is 9.93. The summed E-state index contributed by atoms with van der Waals surface area (Å²) in [6.45, 7) is 5.36. The molecule has 2 N–H and O–H groups in total. The average molecular weight is 384 g/mol. The van der Waals surface area contributed by atoms with E-state index in [1.807, 2.05) is 17.0 Å². The van der Waals surface area contributed by atoms with Crippen molar-refractivity contribution >= 4 is 40.4 Å². The highest BCUT2D eigenvalue weighted by atomic mass is 35.5. The fourth-order valence-electron chi connectivity index (χ4n) is 3.10. The minimum absolute atomic E-state index is 0.127. The first kappa shape index (κ1) is 17.7. The predicted octanol–water partition coefficient (Wildman–Crippen LogP) is 3.50. The summed E-state index contributed by atoms with van der Waals surface area (Å²) in [5.41, 5.74) is 2.13. The number of halogens is 2. The van der Waals surface area contributed by atoms with Crippen molar-refractivity contribution in [2.24, 2.45) is 0 Å². The molecule has 1 aliphatic heterocycles. The van der Waals surface area contributed by atoms with Crippen molar-refractivity contribution in [1.29, 1.82) is 0 Å². The van der Waals surface area contributed by atoms with Crippen LogP contribution in [0.4, 0.5) is 0 Å². The molecule has 6 heteroatoms. The van der Waals surface area contributed by atoms with Gasteiger partial charge in [-0.1, -0.05) is 29.3 Å². The van der Waals surface area contributed by atoms with Gasteiger partial charge in [0, 0.05) is 21.5 Å². The van der Waals surface area contributed by atoms with Gasteiger partial charge >= 0.3 is 0 Å². The van der Waals surface area contributed by atoms with Crippen LogP contribution in [0.1, 0.15) is 35.9 Å². The second-order valence-electron chi connectivity index (χ2n) is 6.39. The number of amides is 1. The summed E-state index contributed by atoms with van der Waals surface area (Å²) in [4.78, 5) is 16.1. The average Bonchev–Trinajstić information content (AvgIpc) is 3.00. The van der Waals surface area contributed by atoms with Crippen LogP contribution in [0, 0.1) is 0 Å². The highest BCUT2D eigenvalue weighted by Crippen LogP contribution is 2.40. The molecule has 0 spiro atoms. The second-order valence-corrected chi connectivity index (χ2v) is 8.23. The van der Waals surface area contributed by atoms with E-state index in [0.29, 0.717) is 22.6 Å². The monoisotopic (exact) mass is 383 g/mol. The van der Waals surface area contributed by atoms with E-state index in [4.69, 9.17) is 23.2 Å². The van der Waals surface area contributed by atoms with Crippen molar-refractivity contribution in [2.75, 3.05) is 13.1 Å². The zero-order valence-corrected chi connectivity index (χ0v) is 16.1. The summed E-state index contributed by atoms with van der Waals surface area (Å²) < 4.78 is 0. The van der Waals surface area contributed by atoms with E-state index >= 15 is 0 Å². The third-order valence-electron chi connectivity index (χ3n) is 4.31. The number of hydrogen-bond acceptors (Lipinski definition) is 2. The third-order valence-corrected chi connectivity index (χ3v) is 5.87. The molecule has 2 aromatic rings. The molecule has 1 aliphatic rings. The predicted molar refractivity (Wildman–Crippen MR) is 100.0 cm³/mol. The summed E-state index contributed by atoms with van der Waals surface area (Å²) in [5, 5.41) is 5.37. The Morgan fingerprint density at radius 2 is 2.12 bits per heavy atom. The Hall–Kier alpha value is -1.07. The van der Waals surface area contributed by atoms with Crippen molar-refractivity contribution in [1.82, 2.24) is 4.90 Å². The Bertz CT molecular complexity index is 744. The maximum atomic E-state index is 12.8. The van der Waals surface area contributed by atoms with Crippen LogP contribution in [0.2, 0.25) is 10.0 Å². The lowest BCUT2D eigenvalue weighted by molar-refractivity contribution is -0.673. The van der Waals surface area contributed by atoms with Gasteiger partial charge in [0.1, 0.15) is 0 Å². The number of benzene rings is 1. The molecule has 1 aromatic carbocycles. The van der Waals surface area contributed by atoms with Crippen LogP contribution in [0.5, 0.6) is 0 Å². The number of rotatable bonds is 4. The summed E-state index contributed by atoms with van der Waals surface area (Å²) >= 11 is 14.3. The summed E-state index contributed by atoms with van der Waals surface area (Å²) in [7, 11) is 0. The van der Waals surface area contributed by atoms with Crippen molar-refractivity contribution in [3.8, 4) is 0 Å². The van der Waals surface area contributed by atoms with E-state index in [1.165, 1.54) is 10.4 Å². The smallest absolute Gasteiger partial charge is 0.278 e. The Morgan fingerprint density at radius 3 is 2.83 bits per heavy atom. The van der Waals surface area contributed by atoms with Gasteiger partial charge < -0.3 is 10.2 Å². The standard InChI is InChI=1S/C18H20Cl2N2OS/c1-11(2)21-10-17(23)22-7-5-16-14(6-8-24-16)18(22)13-4-3-12(19)9-15(13)20/h3-4,6,8-9,11,18,21H,5,7,10H2,1-2H3/p+1/t18-/m1/s1. The van der Waals surface area contributed by atoms with Gasteiger partial charge in [0.05, 0.1) is 12.1 Å². The number of carbonyl (C=O) groups excluding carboxylic acids is 1. The lowest BCUT2D eigenvalue weighted by Gasteiger charge is -2.36. The summed E-state index contributed by atoms with van der Waals surface area (Å²) in [5.74, 6) is 0.150. The van der Waals surface area contributed by atoms with E-state index in [9.17, 15) is 4.79 Å². The van der Waals surface area contributed by atoms with Crippen LogP contribution in [-0.4, -0.2) is 29.9 Å². The fourth-order valence-corrected chi connectivity index (χ4v) is 4.51. The van der Waals surface area contributed by atoms with Gasteiger partial charge in [-0.05, 0) is 55.0 Å². The van der Waals surface area contributed by atoms with Crippen LogP contribution < -0.4 is 5.32 Å². The summed E-state index contributed by atoms with van der Waals surface area (Å²) in [6.07, 6.45) is 0.905. The maximum absolute atomic E-state index is 12.8. The Morgan fingerprint density at radius 1 is 1.33 bits per heavy atom. The normalized spacial score (nSPS) is 17.2. The Labute approximate surface area is 156 Å². The number of thiophene rings is 1. The van der Waals surface area contributed by atoms with Gasteiger partial charge in [-0.2, -0.15) is 0 Å². The third kappa shape index (κ3) is 3.62. The second kappa shape index (κ2) is 7.44. The van der Waals surface area contributed by atoms with Crippen LogP contribution in [0.25, 0.3) is 0 Å². The first-order valence-electron chi connectivity index (χ1n) is 8.11. The lowest BCUT2D eigenvalue weighted by Crippen LogP contribution is -2.90. The molecule has 3 nitrogen and oxygen atoms in total. The highest BCUT2D eigenvalue weighted by molar-refractivity contribution is 7.10. The van der Waals surface area contributed by atoms with Crippen molar-refractivity contribution in [3.05, 3.63) is 55.7 Å². The molecule has 0 saturated heterocycles. The number of carbonyl (C=O) groups is 1. The quantitative estimate of drug-likeness (QED) is 0.861. The number of nitrogens with two attached hydrogens (primary N) is 1. The van der Waals surface area contributed by atoms with Gasteiger partial charge in [-0.15, -0.1) is 11.3 Å². The fraction of sp³-hybridized carbons (Fsp3) is 0.389. The van der Waals surface area contributed by atoms with Gasteiger partial charge in [0.15, 0.2) is 6.54 Å². The van der Waals surface area contributed by atoms with Gasteiger partial charge in [-0.25, -0.2) is 0 Å². The first-order valence-corrected chi connectivity index (χ1v) is 9.75. The molecule has 3 rings (SSSR count). The maximum Gasteiger partial charge on any atom is 0.278 e. The number of nitrogens with zero attached hydrogens (tertiary/aromatic N) is 1. The van der Waals surface area contributed by atoms with Crippen molar-refractivity contribution in [2.45, 2.75) is 32.4 Å². The largest absolute Gasteiger partial charge is 0.336 e. The van der Waals surface area contributed by atoms with Gasteiger partial charge in [-0.3, -0.25) is 4.79 Å². The first-order chi connectivity index (χ1) is 11.5. The molecule has 0 saturated carbocycles. The Balaban J connectivity index is 1.98. The van der Waals surface area contributed by atoms with E-state index in [1.54, 1.807) is 17.4 Å². The van der Waals surface area contributed by atoms with Crippen molar-refractivity contribution < 1.29 is 10.1 Å². The minimum atomic E-state index is -0.127. The van der Waals surface area contributed by atoms with E-state index in [0.717, 1.165) is 18.5 Å². The molecule has 1 amide bonds. The molecular weight excluding hydrogens is 363 g/mol. The minimum Gasteiger partial charge on any atom is -0.336 e.